The number of benzene rings is 5. The van der Waals surface area contributed by atoms with E-state index in [0.29, 0.717) is 5.92 Å². The predicted octanol–water partition coefficient (Wildman–Crippen LogP) is 13.8. The first-order chi connectivity index (χ1) is 28.7. The molecule has 6 aromatic rings. The van der Waals surface area contributed by atoms with Crippen molar-refractivity contribution >= 4 is 68.4 Å². The second-order valence-electron chi connectivity index (χ2n) is 23.1. The van der Waals surface area contributed by atoms with Gasteiger partial charge in [0.1, 0.15) is 11.4 Å². The van der Waals surface area contributed by atoms with Gasteiger partial charge in [0.15, 0.2) is 0 Å². The summed E-state index contributed by atoms with van der Waals surface area (Å²) in [6, 6.07) is 29.3. The van der Waals surface area contributed by atoms with Gasteiger partial charge in [-0.2, -0.15) is 0 Å². The minimum atomic E-state index is -0.235. The van der Waals surface area contributed by atoms with Crippen molar-refractivity contribution in [3.8, 4) is 0 Å². The Kier molecular flexibility index (Phi) is 7.98. The molecule has 0 saturated heterocycles. The number of nitrogens with zero attached hydrogens (tertiary/aromatic N) is 2. The molecule has 61 heavy (non-hydrogen) atoms. The van der Waals surface area contributed by atoms with Crippen LogP contribution in [-0.2, 0) is 27.1 Å². The van der Waals surface area contributed by atoms with Gasteiger partial charge in [-0.1, -0.05) is 88.3 Å². The van der Waals surface area contributed by atoms with Crippen molar-refractivity contribution in [2.45, 2.75) is 155 Å². The Morgan fingerprint density at radius 1 is 0.574 bits per heavy atom. The molecule has 5 heteroatoms. The number of hydrogen-bond donors (Lipinski definition) is 0. The highest BCUT2D eigenvalue weighted by molar-refractivity contribution is 7.00. The molecule has 0 saturated carbocycles. The SMILES string of the molecule is Cc1cc2c3c(c1)N(c1ccc(F)cc1)c1c(oc4cc5c(cc14)C(C)(C)CCC5C)B3c1cc3c(cc1N2c1ccc2c(c1)C(C)(C)CCC2(C)C)C(C)(C)CCC3(C)C. The van der Waals surface area contributed by atoms with Crippen LogP contribution in [0.2, 0.25) is 0 Å². The summed E-state index contributed by atoms with van der Waals surface area (Å²) in [5.74, 6) is 0.225. The highest BCUT2D eigenvalue weighted by Crippen LogP contribution is 2.54. The molecule has 0 fully saturated rings. The summed E-state index contributed by atoms with van der Waals surface area (Å²) in [4.78, 5) is 5.01. The number of aryl methyl sites for hydroxylation is 1. The van der Waals surface area contributed by atoms with E-state index in [9.17, 15) is 4.39 Å². The Hall–Kier alpha value is -4.77. The first-order valence-electron chi connectivity index (χ1n) is 23.1. The van der Waals surface area contributed by atoms with E-state index in [0.717, 1.165) is 59.4 Å². The average molecular weight is 809 g/mol. The molecule has 5 aromatic carbocycles. The monoisotopic (exact) mass is 808 g/mol. The molecule has 3 nitrogen and oxygen atoms in total. The number of rotatable bonds is 2. The summed E-state index contributed by atoms with van der Waals surface area (Å²) in [5.41, 5.74) is 21.4. The van der Waals surface area contributed by atoms with E-state index in [1.54, 1.807) is 12.1 Å². The fourth-order valence-corrected chi connectivity index (χ4v) is 12.5. The van der Waals surface area contributed by atoms with E-state index in [1.807, 2.05) is 12.1 Å². The number of halogens is 1. The second kappa shape index (κ2) is 12.5. The fourth-order valence-electron chi connectivity index (χ4n) is 12.5. The van der Waals surface area contributed by atoms with Crippen molar-refractivity contribution in [3.05, 3.63) is 124 Å². The van der Waals surface area contributed by atoms with E-state index < -0.39 is 0 Å². The van der Waals surface area contributed by atoms with Crippen LogP contribution in [0, 0.1) is 12.7 Å². The van der Waals surface area contributed by atoms with E-state index >= 15 is 0 Å². The van der Waals surface area contributed by atoms with Crippen LogP contribution in [0.5, 0.6) is 0 Å². The third-order valence-corrected chi connectivity index (χ3v) is 16.6. The van der Waals surface area contributed by atoms with Crippen molar-refractivity contribution in [2.75, 3.05) is 9.80 Å². The number of furan rings is 1. The topological polar surface area (TPSA) is 19.6 Å². The lowest BCUT2D eigenvalue weighted by Gasteiger charge is -2.47. The summed E-state index contributed by atoms with van der Waals surface area (Å²) in [6.45, 7) is 28.8. The van der Waals surface area contributed by atoms with Crippen molar-refractivity contribution in [2.24, 2.45) is 0 Å². The van der Waals surface area contributed by atoms with E-state index in [-0.39, 0.29) is 39.6 Å². The van der Waals surface area contributed by atoms with Gasteiger partial charge < -0.3 is 14.2 Å². The lowest BCUT2D eigenvalue weighted by molar-refractivity contribution is 0.332. The quantitative estimate of drug-likeness (QED) is 0.162. The van der Waals surface area contributed by atoms with Crippen LogP contribution in [0.15, 0.2) is 83.3 Å². The Bertz CT molecular complexity index is 2850. The molecule has 0 amide bonds. The van der Waals surface area contributed by atoms with Crippen LogP contribution in [0.3, 0.4) is 0 Å². The molecule has 1 aromatic heterocycles. The summed E-state index contributed by atoms with van der Waals surface area (Å²) in [7, 11) is 0. The van der Waals surface area contributed by atoms with Gasteiger partial charge in [0, 0.05) is 33.8 Å². The number of anilines is 6. The maximum absolute atomic E-state index is 14.8. The Morgan fingerprint density at radius 2 is 1.13 bits per heavy atom. The van der Waals surface area contributed by atoms with E-state index in [2.05, 4.69) is 147 Å². The molecular weight excluding hydrogens is 746 g/mol. The Morgan fingerprint density at radius 3 is 1.79 bits per heavy atom. The number of hydrogen-bond acceptors (Lipinski definition) is 3. The van der Waals surface area contributed by atoms with Gasteiger partial charge in [0.2, 0.25) is 0 Å². The zero-order valence-electron chi connectivity index (χ0n) is 38.6. The van der Waals surface area contributed by atoms with Crippen LogP contribution in [0.25, 0.3) is 11.0 Å². The zero-order valence-corrected chi connectivity index (χ0v) is 38.6. The molecule has 0 spiro atoms. The molecule has 0 N–H and O–H groups in total. The maximum Gasteiger partial charge on any atom is 0.297 e. The Labute approximate surface area is 363 Å². The van der Waals surface area contributed by atoms with Crippen LogP contribution in [0.1, 0.15) is 160 Å². The minimum absolute atomic E-state index is 0.0226. The molecule has 2 aliphatic heterocycles. The summed E-state index contributed by atoms with van der Waals surface area (Å²) < 4.78 is 22.3. The van der Waals surface area contributed by atoms with Crippen molar-refractivity contribution in [1.29, 1.82) is 0 Å². The molecule has 1 atom stereocenters. The molecule has 0 bridgehead atoms. The van der Waals surface area contributed by atoms with Crippen molar-refractivity contribution in [3.63, 3.8) is 0 Å². The van der Waals surface area contributed by atoms with Gasteiger partial charge in [-0.15, -0.1) is 0 Å². The predicted molar refractivity (Wildman–Crippen MR) is 256 cm³/mol. The summed E-state index contributed by atoms with van der Waals surface area (Å²) >= 11 is 0. The number of fused-ring (bicyclic) bond motifs is 9. The van der Waals surface area contributed by atoms with Crippen LogP contribution in [0.4, 0.5) is 38.5 Å². The van der Waals surface area contributed by atoms with Crippen molar-refractivity contribution < 1.29 is 8.81 Å². The molecule has 312 valence electrons. The van der Waals surface area contributed by atoms with Gasteiger partial charge >= 0.3 is 0 Å². The second-order valence-corrected chi connectivity index (χ2v) is 23.1. The molecule has 1 unspecified atom stereocenters. The highest BCUT2D eigenvalue weighted by atomic mass is 19.1. The smallest absolute Gasteiger partial charge is 0.297 e. The third kappa shape index (κ3) is 5.53. The molecular formula is C56H62BFN2O. The minimum Gasteiger partial charge on any atom is -0.468 e. The van der Waals surface area contributed by atoms with E-state index in [4.69, 9.17) is 4.42 Å². The largest absolute Gasteiger partial charge is 0.468 e. The lowest BCUT2D eigenvalue weighted by Crippen LogP contribution is -2.61. The average Bonchev–Trinajstić information content (AvgIpc) is 3.57. The zero-order chi connectivity index (χ0) is 42.9. The molecule has 0 radical (unpaired) electrons. The lowest BCUT2D eigenvalue weighted by atomic mass is 9.35. The first-order valence-corrected chi connectivity index (χ1v) is 23.1. The normalized spacial score (nSPS) is 21.9. The van der Waals surface area contributed by atoms with Gasteiger partial charge in [-0.25, -0.2) is 4.39 Å². The fraction of sp³-hybridized carbons (Fsp3) is 0.429. The molecule has 5 aliphatic rings. The van der Waals surface area contributed by atoms with E-state index in [1.165, 1.54) is 79.8 Å². The highest BCUT2D eigenvalue weighted by Gasteiger charge is 2.50. The molecule has 3 aliphatic carbocycles. The van der Waals surface area contributed by atoms with Gasteiger partial charge in [0.05, 0.1) is 11.3 Å². The summed E-state index contributed by atoms with van der Waals surface area (Å²) in [6.07, 6.45) is 6.96. The molecule has 11 rings (SSSR count). The third-order valence-electron chi connectivity index (χ3n) is 16.6. The maximum atomic E-state index is 14.8. The first kappa shape index (κ1) is 39.1. The van der Waals surface area contributed by atoms with Gasteiger partial charge in [0.25, 0.3) is 6.71 Å². The van der Waals surface area contributed by atoms with Crippen LogP contribution in [-0.4, -0.2) is 6.71 Å². The summed E-state index contributed by atoms with van der Waals surface area (Å²) in [5, 5.41) is 1.14. The standard InChI is InChI=1S/C56H62BFN2O/c1-32-25-46-49-47(26-32)60(35-15-13-34(58)14-16-35)50-38-28-40-37(33(2)19-20-52(40,3)4)29-48(38)61-51(50)57(49)44-30-42-43(56(11,12)24-23-55(42,9)10)31-45(44)59(46)36-17-18-39-41(27-36)54(7,8)22-21-53(39,5)6/h13-18,25-31,33H,19-24H2,1-12H3. The Balaban J connectivity index is 1.27. The van der Waals surface area contributed by atoms with Crippen LogP contribution < -0.4 is 26.4 Å². The van der Waals surface area contributed by atoms with Crippen LogP contribution >= 0.6 is 0 Å². The van der Waals surface area contributed by atoms with Gasteiger partial charge in [-0.05, 0) is 195 Å². The van der Waals surface area contributed by atoms with Gasteiger partial charge in [-0.3, -0.25) is 0 Å². The molecule has 3 heterocycles. The van der Waals surface area contributed by atoms with Crippen molar-refractivity contribution in [1.82, 2.24) is 0 Å².